The standard InChI is InChI=1S/C14H30O/c1-4-7-10-14(13-15,11-8-5-2)12-9-6-3/h15H,4-13H2,1-3H3. The van der Waals surface area contributed by atoms with Gasteiger partial charge in [0.1, 0.15) is 0 Å². The van der Waals surface area contributed by atoms with E-state index in [0.29, 0.717) is 6.61 Å². The van der Waals surface area contributed by atoms with Crippen LogP contribution in [0, 0.1) is 5.41 Å². The Morgan fingerprint density at radius 2 is 1.07 bits per heavy atom. The zero-order valence-electron chi connectivity index (χ0n) is 11.0. The topological polar surface area (TPSA) is 20.2 Å². The van der Waals surface area contributed by atoms with Gasteiger partial charge in [0.25, 0.3) is 0 Å². The lowest BCUT2D eigenvalue weighted by atomic mass is 9.75. The largest absolute Gasteiger partial charge is 0.396 e. The van der Waals surface area contributed by atoms with Crippen molar-refractivity contribution < 1.29 is 5.11 Å². The number of unbranched alkanes of at least 4 members (excludes halogenated alkanes) is 3. The highest BCUT2D eigenvalue weighted by Gasteiger charge is 2.27. The first kappa shape index (κ1) is 15.0. The molecule has 0 spiro atoms. The van der Waals surface area contributed by atoms with Crippen molar-refractivity contribution in [2.75, 3.05) is 6.61 Å². The maximum absolute atomic E-state index is 9.66. The van der Waals surface area contributed by atoms with Crippen LogP contribution in [-0.2, 0) is 0 Å². The van der Waals surface area contributed by atoms with E-state index in [1.54, 1.807) is 0 Å². The van der Waals surface area contributed by atoms with Crippen molar-refractivity contribution in [2.24, 2.45) is 5.41 Å². The molecule has 0 aromatic heterocycles. The summed E-state index contributed by atoms with van der Waals surface area (Å²) in [7, 11) is 0. The lowest BCUT2D eigenvalue weighted by Gasteiger charge is -2.32. The van der Waals surface area contributed by atoms with Gasteiger partial charge in [-0.15, -0.1) is 0 Å². The third-order valence-electron chi connectivity index (χ3n) is 3.52. The fourth-order valence-corrected chi connectivity index (χ4v) is 2.27. The van der Waals surface area contributed by atoms with E-state index in [-0.39, 0.29) is 5.41 Å². The van der Waals surface area contributed by atoms with Crippen LogP contribution in [0.25, 0.3) is 0 Å². The van der Waals surface area contributed by atoms with Gasteiger partial charge in [-0.2, -0.15) is 0 Å². The first-order valence-electron chi connectivity index (χ1n) is 6.85. The quantitative estimate of drug-likeness (QED) is 0.566. The second-order valence-electron chi connectivity index (χ2n) is 4.97. The molecule has 0 atom stereocenters. The molecule has 0 saturated heterocycles. The van der Waals surface area contributed by atoms with Gasteiger partial charge >= 0.3 is 0 Å². The van der Waals surface area contributed by atoms with Gasteiger partial charge in [0.15, 0.2) is 0 Å². The first-order chi connectivity index (χ1) is 7.24. The van der Waals surface area contributed by atoms with Crippen LogP contribution < -0.4 is 0 Å². The Labute approximate surface area is 96.3 Å². The summed E-state index contributed by atoms with van der Waals surface area (Å²) in [4.78, 5) is 0. The molecular weight excluding hydrogens is 184 g/mol. The molecule has 0 saturated carbocycles. The summed E-state index contributed by atoms with van der Waals surface area (Å²) in [6.45, 7) is 7.11. The van der Waals surface area contributed by atoms with Gasteiger partial charge < -0.3 is 5.11 Å². The zero-order valence-corrected chi connectivity index (χ0v) is 11.0. The van der Waals surface area contributed by atoms with E-state index in [0.717, 1.165) is 0 Å². The average molecular weight is 214 g/mol. The maximum atomic E-state index is 9.66. The third-order valence-corrected chi connectivity index (χ3v) is 3.52. The summed E-state index contributed by atoms with van der Waals surface area (Å²) < 4.78 is 0. The van der Waals surface area contributed by atoms with E-state index < -0.39 is 0 Å². The number of aliphatic hydroxyl groups is 1. The summed E-state index contributed by atoms with van der Waals surface area (Å²) in [6.07, 6.45) is 11.2. The maximum Gasteiger partial charge on any atom is 0.0487 e. The second kappa shape index (κ2) is 9.21. The Kier molecular flexibility index (Phi) is 9.18. The number of hydrogen-bond donors (Lipinski definition) is 1. The van der Waals surface area contributed by atoms with Crippen LogP contribution in [0.3, 0.4) is 0 Å². The van der Waals surface area contributed by atoms with Crippen LogP contribution in [0.5, 0.6) is 0 Å². The summed E-state index contributed by atoms with van der Waals surface area (Å²) in [6, 6.07) is 0. The van der Waals surface area contributed by atoms with Crippen molar-refractivity contribution in [3.05, 3.63) is 0 Å². The van der Waals surface area contributed by atoms with Crippen molar-refractivity contribution in [3.63, 3.8) is 0 Å². The second-order valence-corrected chi connectivity index (χ2v) is 4.97. The lowest BCUT2D eigenvalue weighted by Crippen LogP contribution is -2.25. The average Bonchev–Trinajstić information content (AvgIpc) is 2.29. The summed E-state index contributed by atoms with van der Waals surface area (Å²) in [5.74, 6) is 0. The molecule has 15 heavy (non-hydrogen) atoms. The predicted molar refractivity (Wildman–Crippen MR) is 68.1 cm³/mol. The predicted octanol–water partition coefficient (Wildman–Crippen LogP) is 4.54. The Bertz CT molecular complexity index is 110. The normalized spacial score (nSPS) is 12.0. The summed E-state index contributed by atoms with van der Waals surface area (Å²) in [5.41, 5.74) is 0.252. The number of aliphatic hydroxyl groups excluding tert-OH is 1. The van der Waals surface area contributed by atoms with Gasteiger partial charge in [0.05, 0.1) is 0 Å². The fraction of sp³-hybridized carbons (Fsp3) is 1.00. The molecule has 0 aromatic carbocycles. The molecule has 0 bridgehead atoms. The van der Waals surface area contributed by atoms with Crippen molar-refractivity contribution >= 4 is 0 Å². The molecule has 0 heterocycles. The first-order valence-corrected chi connectivity index (χ1v) is 6.85. The van der Waals surface area contributed by atoms with Gasteiger partial charge in [0.2, 0.25) is 0 Å². The van der Waals surface area contributed by atoms with Crippen LogP contribution in [-0.4, -0.2) is 11.7 Å². The molecule has 0 rings (SSSR count). The van der Waals surface area contributed by atoms with Gasteiger partial charge in [0, 0.05) is 6.61 Å². The van der Waals surface area contributed by atoms with Crippen LogP contribution in [0.4, 0.5) is 0 Å². The van der Waals surface area contributed by atoms with Crippen molar-refractivity contribution in [1.82, 2.24) is 0 Å². The van der Waals surface area contributed by atoms with E-state index in [1.165, 1.54) is 57.8 Å². The molecule has 0 aliphatic carbocycles. The minimum Gasteiger partial charge on any atom is -0.396 e. The fourth-order valence-electron chi connectivity index (χ4n) is 2.27. The van der Waals surface area contributed by atoms with Gasteiger partial charge in [-0.05, 0) is 24.7 Å². The number of rotatable bonds is 10. The summed E-state index contributed by atoms with van der Waals surface area (Å²) >= 11 is 0. The smallest absolute Gasteiger partial charge is 0.0487 e. The molecule has 92 valence electrons. The Balaban J connectivity index is 4.16. The van der Waals surface area contributed by atoms with E-state index in [9.17, 15) is 5.11 Å². The van der Waals surface area contributed by atoms with Crippen LogP contribution >= 0.6 is 0 Å². The molecule has 0 aliphatic heterocycles. The van der Waals surface area contributed by atoms with E-state index >= 15 is 0 Å². The Morgan fingerprint density at radius 1 is 0.733 bits per heavy atom. The zero-order chi connectivity index (χ0) is 11.6. The highest BCUT2D eigenvalue weighted by Crippen LogP contribution is 2.35. The molecule has 0 unspecified atom stereocenters. The highest BCUT2D eigenvalue weighted by atomic mass is 16.3. The molecule has 1 N–H and O–H groups in total. The highest BCUT2D eigenvalue weighted by molar-refractivity contribution is 4.78. The Hall–Kier alpha value is -0.0400. The molecule has 1 nitrogen and oxygen atoms in total. The van der Waals surface area contributed by atoms with Crippen molar-refractivity contribution in [3.8, 4) is 0 Å². The lowest BCUT2D eigenvalue weighted by molar-refractivity contribution is 0.0875. The van der Waals surface area contributed by atoms with E-state index in [2.05, 4.69) is 20.8 Å². The summed E-state index contributed by atoms with van der Waals surface area (Å²) in [5, 5.41) is 9.66. The van der Waals surface area contributed by atoms with E-state index in [1.807, 2.05) is 0 Å². The van der Waals surface area contributed by atoms with Crippen LogP contribution in [0.1, 0.15) is 78.6 Å². The molecule has 0 fully saturated rings. The van der Waals surface area contributed by atoms with Crippen LogP contribution in [0.2, 0.25) is 0 Å². The van der Waals surface area contributed by atoms with Crippen LogP contribution in [0.15, 0.2) is 0 Å². The molecule has 0 radical (unpaired) electrons. The van der Waals surface area contributed by atoms with Gasteiger partial charge in [-0.3, -0.25) is 0 Å². The van der Waals surface area contributed by atoms with Gasteiger partial charge in [-0.25, -0.2) is 0 Å². The molecule has 0 aliphatic rings. The molecule has 0 amide bonds. The minimum absolute atomic E-state index is 0.252. The molecular formula is C14H30O. The minimum atomic E-state index is 0.252. The SMILES string of the molecule is CCCCC(CO)(CCCC)CCCC. The monoisotopic (exact) mass is 214 g/mol. The third kappa shape index (κ3) is 6.19. The van der Waals surface area contributed by atoms with Gasteiger partial charge in [-0.1, -0.05) is 59.3 Å². The van der Waals surface area contributed by atoms with Crippen molar-refractivity contribution in [1.29, 1.82) is 0 Å². The molecule has 1 heteroatoms. The Morgan fingerprint density at radius 3 is 1.27 bits per heavy atom. The number of hydrogen-bond acceptors (Lipinski definition) is 1. The molecule has 0 aromatic rings. The van der Waals surface area contributed by atoms with Crippen molar-refractivity contribution in [2.45, 2.75) is 78.6 Å². The van der Waals surface area contributed by atoms with E-state index in [4.69, 9.17) is 0 Å².